The quantitative estimate of drug-likeness (QED) is 0.748. The van der Waals surface area contributed by atoms with Crippen molar-refractivity contribution in [2.75, 3.05) is 12.5 Å². The Hall–Kier alpha value is -2.15. The largest absolute Gasteiger partial charge is 0.494 e. The van der Waals surface area contributed by atoms with E-state index in [0.717, 1.165) is 11.4 Å². The second-order valence-electron chi connectivity index (χ2n) is 4.50. The topological polar surface area (TPSA) is 81.9 Å². The maximum absolute atomic E-state index is 11.6. The highest BCUT2D eigenvalue weighted by Crippen LogP contribution is 2.15. The van der Waals surface area contributed by atoms with E-state index in [2.05, 4.69) is 20.8 Å². The molecule has 0 spiro atoms. The molecule has 2 rings (SSSR count). The third kappa shape index (κ3) is 4.42. The number of rotatable bonds is 8. The van der Waals surface area contributed by atoms with E-state index in [4.69, 9.17) is 16.3 Å². The third-order valence-electron chi connectivity index (χ3n) is 2.91. The maximum Gasteiger partial charge on any atom is 0.220 e. The van der Waals surface area contributed by atoms with Gasteiger partial charge in [0.2, 0.25) is 5.91 Å². The number of tetrazole rings is 1. The smallest absolute Gasteiger partial charge is 0.220 e. The SMILES string of the molecule is CCOc1ccc(-n2nnnc2CNC(=O)CCCCl)cc1. The van der Waals surface area contributed by atoms with Gasteiger partial charge in [0.05, 0.1) is 18.8 Å². The highest BCUT2D eigenvalue weighted by atomic mass is 35.5. The Morgan fingerprint density at radius 3 is 2.82 bits per heavy atom. The molecule has 0 saturated heterocycles. The lowest BCUT2D eigenvalue weighted by molar-refractivity contribution is -0.121. The van der Waals surface area contributed by atoms with Crippen molar-refractivity contribution in [3.8, 4) is 11.4 Å². The molecule has 1 aromatic carbocycles. The van der Waals surface area contributed by atoms with E-state index in [1.807, 2.05) is 31.2 Å². The normalized spacial score (nSPS) is 10.5. The molecule has 0 atom stereocenters. The number of amides is 1. The molecule has 1 aromatic heterocycles. The Kier molecular flexibility index (Phi) is 6.14. The van der Waals surface area contributed by atoms with Crippen LogP contribution in [-0.4, -0.2) is 38.6 Å². The second kappa shape index (κ2) is 8.33. The van der Waals surface area contributed by atoms with Crippen LogP contribution < -0.4 is 10.1 Å². The van der Waals surface area contributed by atoms with Crippen molar-refractivity contribution < 1.29 is 9.53 Å². The molecule has 0 aliphatic heterocycles. The standard InChI is InChI=1S/C14H18ClN5O2/c1-2-22-12-7-5-11(6-8-12)20-13(17-18-19-20)10-16-14(21)4-3-9-15/h5-8H,2-4,9-10H2,1H3,(H,16,21). The fourth-order valence-corrected chi connectivity index (χ4v) is 1.99. The number of carbonyl (C=O) groups is 1. The van der Waals surface area contributed by atoms with Gasteiger partial charge in [0, 0.05) is 12.3 Å². The molecule has 0 bridgehead atoms. The average molecular weight is 324 g/mol. The summed E-state index contributed by atoms with van der Waals surface area (Å²) in [7, 11) is 0. The minimum Gasteiger partial charge on any atom is -0.494 e. The minimum absolute atomic E-state index is 0.0677. The molecule has 118 valence electrons. The first kappa shape index (κ1) is 16.2. The number of aromatic nitrogens is 4. The van der Waals surface area contributed by atoms with Gasteiger partial charge in [0.25, 0.3) is 0 Å². The highest BCUT2D eigenvalue weighted by Gasteiger charge is 2.10. The first-order valence-electron chi connectivity index (χ1n) is 7.07. The lowest BCUT2D eigenvalue weighted by atomic mass is 10.3. The van der Waals surface area contributed by atoms with Crippen LogP contribution in [0.2, 0.25) is 0 Å². The number of nitrogens with zero attached hydrogens (tertiary/aromatic N) is 4. The van der Waals surface area contributed by atoms with E-state index in [1.165, 1.54) is 0 Å². The Bertz CT molecular complexity index is 600. The summed E-state index contributed by atoms with van der Waals surface area (Å²) in [5, 5.41) is 14.3. The van der Waals surface area contributed by atoms with Crippen LogP contribution in [0.25, 0.3) is 5.69 Å². The van der Waals surface area contributed by atoms with Gasteiger partial charge in [-0.2, -0.15) is 4.68 Å². The van der Waals surface area contributed by atoms with Gasteiger partial charge in [-0.15, -0.1) is 16.7 Å². The molecule has 1 heterocycles. The lowest BCUT2D eigenvalue weighted by Crippen LogP contribution is -2.24. The minimum atomic E-state index is -0.0677. The van der Waals surface area contributed by atoms with Crippen molar-refractivity contribution in [3.63, 3.8) is 0 Å². The summed E-state index contributed by atoms with van der Waals surface area (Å²) < 4.78 is 6.98. The van der Waals surface area contributed by atoms with Gasteiger partial charge in [-0.3, -0.25) is 4.79 Å². The molecule has 0 fully saturated rings. The van der Waals surface area contributed by atoms with Gasteiger partial charge in [0.15, 0.2) is 5.82 Å². The van der Waals surface area contributed by atoms with Crippen molar-refractivity contribution in [1.82, 2.24) is 25.5 Å². The van der Waals surface area contributed by atoms with E-state index >= 15 is 0 Å². The first-order chi connectivity index (χ1) is 10.7. The van der Waals surface area contributed by atoms with Gasteiger partial charge < -0.3 is 10.1 Å². The number of alkyl halides is 1. The lowest BCUT2D eigenvalue weighted by Gasteiger charge is -2.07. The van der Waals surface area contributed by atoms with Crippen LogP contribution in [0.3, 0.4) is 0 Å². The zero-order valence-electron chi connectivity index (χ0n) is 12.3. The monoisotopic (exact) mass is 323 g/mol. The van der Waals surface area contributed by atoms with Crippen LogP contribution in [0.4, 0.5) is 0 Å². The molecule has 8 heteroatoms. The van der Waals surface area contributed by atoms with Gasteiger partial charge in [-0.05, 0) is 48.0 Å². The average Bonchev–Trinajstić information content (AvgIpc) is 3.00. The zero-order chi connectivity index (χ0) is 15.8. The Balaban J connectivity index is 2.01. The summed E-state index contributed by atoms with van der Waals surface area (Å²) in [5.74, 6) is 1.75. The van der Waals surface area contributed by atoms with Crippen molar-refractivity contribution in [3.05, 3.63) is 30.1 Å². The number of halogens is 1. The third-order valence-corrected chi connectivity index (χ3v) is 3.17. The number of carbonyl (C=O) groups excluding carboxylic acids is 1. The van der Waals surface area contributed by atoms with Crippen molar-refractivity contribution in [2.45, 2.75) is 26.3 Å². The van der Waals surface area contributed by atoms with Gasteiger partial charge in [-0.1, -0.05) is 0 Å². The van der Waals surface area contributed by atoms with E-state index in [0.29, 0.717) is 31.2 Å². The van der Waals surface area contributed by atoms with Crippen molar-refractivity contribution in [1.29, 1.82) is 0 Å². The predicted molar refractivity (Wildman–Crippen MR) is 82.1 cm³/mol. The molecule has 7 nitrogen and oxygen atoms in total. The molecular weight excluding hydrogens is 306 g/mol. The maximum atomic E-state index is 11.6. The van der Waals surface area contributed by atoms with E-state index in [1.54, 1.807) is 4.68 Å². The van der Waals surface area contributed by atoms with Crippen molar-refractivity contribution >= 4 is 17.5 Å². The van der Waals surface area contributed by atoms with Crippen LogP contribution in [-0.2, 0) is 11.3 Å². The fraction of sp³-hybridized carbons (Fsp3) is 0.429. The van der Waals surface area contributed by atoms with Crippen LogP contribution in [0.15, 0.2) is 24.3 Å². The predicted octanol–water partition coefficient (Wildman–Crippen LogP) is 1.70. The Morgan fingerprint density at radius 1 is 1.36 bits per heavy atom. The molecule has 1 N–H and O–H groups in total. The molecule has 0 saturated carbocycles. The number of nitrogens with one attached hydrogen (secondary N) is 1. The van der Waals surface area contributed by atoms with E-state index in [9.17, 15) is 4.79 Å². The number of hydrogen-bond acceptors (Lipinski definition) is 5. The second-order valence-corrected chi connectivity index (χ2v) is 4.88. The molecular formula is C14H18ClN5O2. The van der Waals surface area contributed by atoms with Crippen LogP contribution in [0.5, 0.6) is 5.75 Å². The van der Waals surface area contributed by atoms with Gasteiger partial charge in [-0.25, -0.2) is 0 Å². The molecule has 0 aliphatic carbocycles. The molecule has 2 aromatic rings. The molecule has 1 amide bonds. The number of benzene rings is 1. The molecule has 0 aliphatic rings. The van der Waals surface area contributed by atoms with Crippen LogP contribution in [0, 0.1) is 0 Å². The molecule has 22 heavy (non-hydrogen) atoms. The van der Waals surface area contributed by atoms with E-state index < -0.39 is 0 Å². The van der Waals surface area contributed by atoms with Crippen LogP contribution >= 0.6 is 11.6 Å². The Morgan fingerprint density at radius 2 is 2.14 bits per heavy atom. The Labute approximate surface area is 133 Å². The van der Waals surface area contributed by atoms with Crippen LogP contribution in [0.1, 0.15) is 25.6 Å². The fourth-order valence-electron chi connectivity index (χ4n) is 1.86. The molecule has 0 radical (unpaired) electrons. The van der Waals surface area contributed by atoms with Gasteiger partial charge >= 0.3 is 0 Å². The molecule has 0 unspecified atom stereocenters. The summed E-state index contributed by atoms with van der Waals surface area (Å²) >= 11 is 5.56. The summed E-state index contributed by atoms with van der Waals surface area (Å²) in [4.78, 5) is 11.6. The summed E-state index contributed by atoms with van der Waals surface area (Å²) in [6.45, 7) is 2.81. The summed E-state index contributed by atoms with van der Waals surface area (Å²) in [6, 6.07) is 7.42. The summed E-state index contributed by atoms with van der Waals surface area (Å²) in [6.07, 6.45) is 1.05. The van der Waals surface area contributed by atoms with Gasteiger partial charge in [0.1, 0.15) is 5.75 Å². The van der Waals surface area contributed by atoms with E-state index in [-0.39, 0.29) is 12.5 Å². The number of hydrogen-bond donors (Lipinski definition) is 1. The zero-order valence-corrected chi connectivity index (χ0v) is 13.1. The highest BCUT2D eigenvalue weighted by molar-refractivity contribution is 6.17. The first-order valence-corrected chi connectivity index (χ1v) is 7.61. The number of ether oxygens (including phenoxy) is 1. The van der Waals surface area contributed by atoms with Crippen molar-refractivity contribution in [2.24, 2.45) is 0 Å². The summed E-state index contributed by atoms with van der Waals surface area (Å²) in [5.41, 5.74) is 0.804.